The van der Waals surface area contributed by atoms with Crippen LogP contribution in [0.5, 0.6) is 0 Å². The van der Waals surface area contributed by atoms with Gasteiger partial charge in [-0.15, -0.1) is 0 Å². The third-order valence-corrected chi connectivity index (χ3v) is 3.25. The third kappa shape index (κ3) is 1.87. The standard InChI is InChI=1S/C15H15N5/c1-8-5-10-7-11-6-9(2)15(20(3)4)19-14(11)18-13(10)17-12(8)16/h5-7,16H,1H2,2-4H3. The molecule has 2 aromatic rings. The van der Waals surface area contributed by atoms with E-state index in [9.17, 15) is 0 Å². The molecule has 1 aliphatic heterocycles. The highest BCUT2D eigenvalue weighted by molar-refractivity contribution is 6.04. The minimum atomic E-state index is 0.157. The van der Waals surface area contributed by atoms with Crippen molar-refractivity contribution in [2.45, 2.75) is 6.92 Å². The molecule has 1 aliphatic rings. The van der Waals surface area contributed by atoms with Crippen LogP contribution in [0.1, 0.15) is 5.56 Å². The van der Waals surface area contributed by atoms with E-state index in [0.29, 0.717) is 16.7 Å². The molecule has 0 fully saturated rings. The first-order valence-corrected chi connectivity index (χ1v) is 6.30. The second-order valence-electron chi connectivity index (χ2n) is 5.10. The lowest BCUT2D eigenvalue weighted by atomic mass is 10.1. The summed E-state index contributed by atoms with van der Waals surface area (Å²) in [6, 6.07) is 4.07. The highest BCUT2D eigenvalue weighted by atomic mass is 15.1. The van der Waals surface area contributed by atoms with E-state index in [1.54, 1.807) is 0 Å². The number of rotatable bonds is 1. The lowest BCUT2D eigenvalue weighted by Crippen LogP contribution is -2.33. The number of aryl methyl sites for hydroxylation is 1. The zero-order valence-corrected chi connectivity index (χ0v) is 11.7. The number of hydrogen-bond donors (Lipinski definition) is 1. The Labute approximate surface area is 116 Å². The molecule has 0 saturated carbocycles. The van der Waals surface area contributed by atoms with Crippen LogP contribution in [0.3, 0.4) is 0 Å². The van der Waals surface area contributed by atoms with E-state index in [1.165, 1.54) is 0 Å². The molecule has 0 atom stereocenters. The SMILES string of the molecule is C=C1C=c2cc3cc(C)c(N(C)C)nc3nc2=NC1=N. The van der Waals surface area contributed by atoms with Crippen LogP contribution in [0.4, 0.5) is 5.82 Å². The van der Waals surface area contributed by atoms with Gasteiger partial charge in [-0.1, -0.05) is 6.58 Å². The van der Waals surface area contributed by atoms with Crippen LogP contribution in [0.2, 0.25) is 0 Å². The van der Waals surface area contributed by atoms with Crippen molar-refractivity contribution in [2.24, 2.45) is 4.99 Å². The Morgan fingerprint density at radius 1 is 1.20 bits per heavy atom. The molecule has 3 rings (SSSR count). The van der Waals surface area contributed by atoms with E-state index >= 15 is 0 Å². The minimum Gasteiger partial charge on any atom is -0.362 e. The lowest BCUT2D eigenvalue weighted by molar-refractivity contribution is 1.05. The van der Waals surface area contributed by atoms with E-state index in [4.69, 9.17) is 5.41 Å². The van der Waals surface area contributed by atoms with Gasteiger partial charge < -0.3 is 4.90 Å². The van der Waals surface area contributed by atoms with Gasteiger partial charge in [0, 0.05) is 30.3 Å². The van der Waals surface area contributed by atoms with Crippen molar-refractivity contribution in [1.82, 2.24) is 9.97 Å². The van der Waals surface area contributed by atoms with Crippen molar-refractivity contribution in [3.63, 3.8) is 0 Å². The highest BCUT2D eigenvalue weighted by Gasteiger charge is 2.10. The van der Waals surface area contributed by atoms with E-state index in [1.807, 2.05) is 38.1 Å². The highest BCUT2D eigenvalue weighted by Crippen LogP contribution is 2.18. The third-order valence-electron chi connectivity index (χ3n) is 3.25. The zero-order valence-electron chi connectivity index (χ0n) is 11.7. The molecule has 0 spiro atoms. The first kappa shape index (κ1) is 12.5. The van der Waals surface area contributed by atoms with Gasteiger partial charge in [-0.05, 0) is 30.7 Å². The first-order chi connectivity index (χ1) is 9.45. The number of nitrogens with one attached hydrogen (secondary N) is 1. The maximum Gasteiger partial charge on any atom is 0.164 e. The fourth-order valence-corrected chi connectivity index (χ4v) is 2.29. The second-order valence-corrected chi connectivity index (χ2v) is 5.10. The summed E-state index contributed by atoms with van der Waals surface area (Å²) in [6.07, 6.45) is 1.84. The summed E-state index contributed by atoms with van der Waals surface area (Å²) in [5, 5.41) is 9.57. The van der Waals surface area contributed by atoms with Crippen molar-refractivity contribution in [3.05, 3.63) is 40.6 Å². The Hall–Kier alpha value is -2.56. The van der Waals surface area contributed by atoms with Gasteiger partial charge in [-0.3, -0.25) is 5.41 Å². The lowest BCUT2D eigenvalue weighted by Gasteiger charge is -2.14. The van der Waals surface area contributed by atoms with Gasteiger partial charge in [0.15, 0.2) is 17.0 Å². The van der Waals surface area contributed by atoms with Gasteiger partial charge in [0.25, 0.3) is 0 Å². The molecule has 100 valence electrons. The average molecular weight is 265 g/mol. The Kier molecular flexibility index (Phi) is 2.64. The van der Waals surface area contributed by atoms with Crippen molar-refractivity contribution in [2.75, 3.05) is 19.0 Å². The molecule has 2 aromatic heterocycles. The fraction of sp³-hybridized carbons (Fsp3) is 0.200. The molecule has 5 nitrogen and oxygen atoms in total. The van der Waals surface area contributed by atoms with Crippen LogP contribution in [-0.4, -0.2) is 29.9 Å². The van der Waals surface area contributed by atoms with Crippen LogP contribution in [0.25, 0.3) is 17.1 Å². The van der Waals surface area contributed by atoms with E-state index < -0.39 is 0 Å². The predicted molar refractivity (Wildman–Crippen MR) is 80.7 cm³/mol. The minimum absolute atomic E-state index is 0.157. The fourth-order valence-electron chi connectivity index (χ4n) is 2.29. The van der Waals surface area contributed by atoms with Crippen molar-refractivity contribution in [1.29, 1.82) is 5.41 Å². The molecule has 0 radical (unpaired) electrons. The Balaban J connectivity index is 2.38. The molecule has 0 unspecified atom stereocenters. The summed E-state index contributed by atoms with van der Waals surface area (Å²) in [6.45, 7) is 5.84. The number of aromatic nitrogens is 2. The second kappa shape index (κ2) is 4.23. The number of anilines is 1. The van der Waals surface area contributed by atoms with Gasteiger partial charge in [-0.25, -0.2) is 15.0 Å². The quantitative estimate of drug-likeness (QED) is 0.835. The summed E-state index contributed by atoms with van der Waals surface area (Å²) in [7, 11) is 3.91. The smallest absolute Gasteiger partial charge is 0.164 e. The maximum atomic E-state index is 7.71. The zero-order chi connectivity index (χ0) is 14.4. The van der Waals surface area contributed by atoms with Gasteiger partial charge in [0.1, 0.15) is 5.82 Å². The number of hydrogen-bond acceptors (Lipinski definition) is 4. The van der Waals surface area contributed by atoms with Crippen LogP contribution in [0, 0.1) is 12.3 Å². The van der Waals surface area contributed by atoms with Gasteiger partial charge >= 0.3 is 0 Å². The Bertz CT molecular complexity index is 877. The molecule has 0 bridgehead atoms. The van der Waals surface area contributed by atoms with Crippen LogP contribution in [0.15, 0.2) is 29.3 Å². The normalized spacial score (nSPS) is 13.8. The van der Waals surface area contributed by atoms with Crippen LogP contribution in [-0.2, 0) is 0 Å². The van der Waals surface area contributed by atoms with Gasteiger partial charge in [-0.2, -0.15) is 0 Å². The molecule has 1 N–H and O–H groups in total. The molecule has 0 aliphatic carbocycles. The number of amidine groups is 1. The van der Waals surface area contributed by atoms with Crippen molar-refractivity contribution < 1.29 is 0 Å². The number of pyridine rings is 2. The summed E-state index contributed by atoms with van der Waals surface area (Å²) in [4.78, 5) is 15.2. The van der Waals surface area contributed by atoms with Gasteiger partial charge in [0.2, 0.25) is 0 Å². The number of fused-ring (bicyclic) bond motifs is 2. The van der Waals surface area contributed by atoms with Crippen LogP contribution < -0.4 is 15.6 Å². The number of nitrogens with zero attached hydrogens (tertiary/aromatic N) is 4. The van der Waals surface area contributed by atoms with Crippen molar-refractivity contribution in [3.8, 4) is 0 Å². The summed E-state index contributed by atoms with van der Waals surface area (Å²) < 4.78 is 0. The molecule has 0 aromatic carbocycles. The van der Waals surface area contributed by atoms with Crippen molar-refractivity contribution >= 4 is 28.8 Å². The monoisotopic (exact) mass is 265 g/mol. The summed E-state index contributed by atoms with van der Waals surface area (Å²) >= 11 is 0. The molecule has 3 heterocycles. The van der Waals surface area contributed by atoms with E-state index in [0.717, 1.165) is 22.0 Å². The molecule has 0 saturated heterocycles. The Morgan fingerprint density at radius 3 is 2.65 bits per heavy atom. The predicted octanol–water partition coefficient (Wildman–Crippen LogP) is 0.951. The largest absolute Gasteiger partial charge is 0.362 e. The first-order valence-electron chi connectivity index (χ1n) is 6.30. The summed E-state index contributed by atoms with van der Waals surface area (Å²) in [5.74, 6) is 1.05. The van der Waals surface area contributed by atoms with E-state index in [-0.39, 0.29) is 5.84 Å². The average Bonchev–Trinajstić information content (AvgIpc) is 2.37. The topological polar surface area (TPSA) is 65.2 Å². The maximum absolute atomic E-state index is 7.71. The molecule has 0 amide bonds. The molecule has 5 heteroatoms. The molecular weight excluding hydrogens is 250 g/mol. The molecular formula is C15H15N5. The van der Waals surface area contributed by atoms with E-state index in [2.05, 4.69) is 27.6 Å². The molecule has 20 heavy (non-hydrogen) atoms. The van der Waals surface area contributed by atoms with Gasteiger partial charge in [0.05, 0.1) is 0 Å². The van der Waals surface area contributed by atoms with Crippen LogP contribution >= 0.6 is 0 Å². The Morgan fingerprint density at radius 2 is 1.95 bits per heavy atom. The summed E-state index contributed by atoms with van der Waals surface area (Å²) in [5.41, 5.74) is 2.89.